The summed E-state index contributed by atoms with van der Waals surface area (Å²) in [5, 5.41) is 16.7. The number of halogens is 2. The van der Waals surface area contributed by atoms with E-state index in [9.17, 15) is 0 Å². The summed E-state index contributed by atoms with van der Waals surface area (Å²) < 4.78 is 2.16. The molecule has 0 unspecified atom stereocenters. The Bertz CT molecular complexity index is 758. The number of thiophene rings is 2. The van der Waals surface area contributed by atoms with Gasteiger partial charge < -0.3 is 0 Å². The lowest BCUT2D eigenvalue weighted by Gasteiger charge is -2.15. The molecule has 0 spiro atoms. The summed E-state index contributed by atoms with van der Waals surface area (Å²) in [6, 6.07) is 4.13. The van der Waals surface area contributed by atoms with Crippen LogP contribution in [0.2, 0.25) is 0 Å². The lowest BCUT2D eigenvalue weighted by molar-refractivity contribution is 1.48. The van der Waals surface area contributed by atoms with Crippen LogP contribution in [0.4, 0.5) is 0 Å². The number of hydrogen-bond donors (Lipinski definition) is 2. The average molecular weight is 456 g/mol. The van der Waals surface area contributed by atoms with Gasteiger partial charge in [-0.05, 0) is 69.0 Å². The van der Waals surface area contributed by atoms with E-state index in [0.717, 1.165) is 39.6 Å². The van der Waals surface area contributed by atoms with Gasteiger partial charge in [-0.15, -0.1) is 22.7 Å². The molecule has 2 heterocycles. The highest BCUT2D eigenvalue weighted by Crippen LogP contribution is 2.38. The summed E-state index contributed by atoms with van der Waals surface area (Å²) in [6.45, 7) is 4.07. The van der Waals surface area contributed by atoms with E-state index in [2.05, 4.69) is 44.0 Å². The maximum atomic E-state index is 8.36. The van der Waals surface area contributed by atoms with Crippen molar-refractivity contribution in [2.45, 2.75) is 13.8 Å². The smallest absolute Gasteiger partial charge is 0.0882 e. The van der Waals surface area contributed by atoms with Gasteiger partial charge >= 0.3 is 0 Å². The van der Waals surface area contributed by atoms with E-state index in [0.29, 0.717) is 0 Å². The summed E-state index contributed by atoms with van der Waals surface area (Å²) in [4.78, 5) is 2.05. The van der Waals surface area contributed by atoms with Crippen LogP contribution in [-0.4, -0.2) is 11.4 Å². The molecule has 0 aromatic carbocycles. The molecule has 0 atom stereocenters. The Hall–Kier alpha value is -0.820. The molecule has 6 heteroatoms. The van der Waals surface area contributed by atoms with E-state index in [4.69, 9.17) is 10.8 Å². The highest BCUT2D eigenvalue weighted by atomic mass is 79.9. The minimum Gasteiger partial charge on any atom is -0.298 e. The van der Waals surface area contributed by atoms with E-state index >= 15 is 0 Å². The molecule has 0 radical (unpaired) electrons. The fourth-order valence-electron chi connectivity index (χ4n) is 2.20. The van der Waals surface area contributed by atoms with E-state index in [-0.39, 0.29) is 11.4 Å². The van der Waals surface area contributed by atoms with Crippen LogP contribution in [0.15, 0.2) is 31.9 Å². The number of allylic oxidation sites excluding steroid dienone is 4. The second kappa shape index (κ2) is 6.00. The number of nitrogens with one attached hydrogen (secondary N) is 2. The molecule has 112 valence electrons. The molecule has 0 saturated heterocycles. The van der Waals surface area contributed by atoms with Gasteiger partial charge in [-0.2, -0.15) is 0 Å². The Labute approximate surface area is 153 Å². The molecule has 1 aliphatic rings. The van der Waals surface area contributed by atoms with Crippen LogP contribution in [0.1, 0.15) is 20.9 Å². The Balaban J connectivity index is 2.06. The van der Waals surface area contributed by atoms with Gasteiger partial charge in [0.05, 0.1) is 19.0 Å². The third-order valence-electron chi connectivity index (χ3n) is 3.45. The zero-order chi connectivity index (χ0) is 16.0. The number of hydrogen-bond acceptors (Lipinski definition) is 4. The average Bonchev–Trinajstić information content (AvgIpc) is 2.96. The first kappa shape index (κ1) is 16.1. The van der Waals surface area contributed by atoms with Crippen molar-refractivity contribution < 1.29 is 0 Å². The molecule has 0 amide bonds. The molecular weight excluding hydrogens is 444 g/mol. The summed E-state index contributed by atoms with van der Waals surface area (Å²) in [6.07, 6.45) is 3.91. The summed E-state index contributed by atoms with van der Waals surface area (Å²) >= 11 is 10.3. The highest BCUT2D eigenvalue weighted by Gasteiger charge is 2.23. The predicted octanol–water partition coefficient (Wildman–Crippen LogP) is 6.47. The van der Waals surface area contributed by atoms with Crippen LogP contribution in [0.3, 0.4) is 0 Å². The molecule has 0 aliphatic heterocycles. The third kappa shape index (κ3) is 2.73. The van der Waals surface area contributed by atoms with E-state index < -0.39 is 0 Å². The third-order valence-corrected chi connectivity index (χ3v) is 7.79. The van der Waals surface area contributed by atoms with Crippen molar-refractivity contribution in [1.29, 1.82) is 10.8 Å². The minimum absolute atomic E-state index is 0.286. The molecule has 2 N–H and O–H groups in total. The zero-order valence-electron chi connectivity index (χ0n) is 11.9. The van der Waals surface area contributed by atoms with Gasteiger partial charge in [0.2, 0.25) is 0 Å². The lowest BCUT2D eigenvalue weighted by Crippen LogP contribution is -2.17. The second-order valence-corrected chi connectivity index (χ2v) is 9.79. The molecule has 0 saturated carbocycles. The van der Waals surface area contributed by atoms with Crippen LogP contribution < -0.4 is 0 Å². The maximum Gasteiger partial charge on any atom is 0.0882 e. The first-order chi connectivity index (χ1) is 10.4. The lowest BCUT2D eigenvalue weighted by atomic mass is 9.92. The largest absolute Gasteiger partial charge is 0.298 e. The van der Waals surface area contributed by atoms with Crippen molar-refractivity contribution in [3.63, 3.8) is 0 Å². The topological polar surface area (TPSA) is 47.7 Å². The van der Waals surface area contributed by atoms with Gasteiger partial charge in [0.25, 0.3) is 0 Å². The van der Waals surface area contributed by atoms with Gasteiger partial charge in [-0.3, -0.25) is 10.8 Å². The van der Waals surface area contributed by atoms with Gasteiger partial charge in [-0.1, -0.05) is 12.2 Å². The van der Waals surface area contributed by atoms with Gasteiger partial charge in [0.15, 0.2) is 0 Å². The molecular formula is C16H12Br2N2S2. The quantitative estimate of drug-likeness (QED) is 0.487. The fraction of sp³-hybridized carbons (Fsp3) is 0.125. The SMILES string of the molecule is Cc1cc(C2=CC=C(c3cc(C)c(Br)s3)C(=N)C2=N)sc1Br. The Kier molecular flexibility index (Phi) is 4.38. The van der Waals surface area contributed by atoms with Crippen molar-refractivity contribution in [3.8, 4) is 0 Å². The zero-order valence-corrected chi connectivity index (χ0v) is 16.7. The second-order valence-electron chi connectivity index (χ2n) is 5.05. The number of rotatable bonds is 2. The van der Waals surface area contributed by atoms with Gasteiger partial charge in [0.1, 0.15) is 0 Å². The van der Waals surface area contributed by atoms with Crippen molar-refractivity contribution in [1.82, 2.24) is 0 Å². The Morgan fingerprint density at radius 1 is 0.773 bits per heavy atom. The fourth-order valence-corrected chi connectivity index (χ4v) is 5.33. The molecule has 2 aromatic heterocycles. The van der Waals surface area contributed by atoms with Crippen molar-refractivity contribution in [2.24, 2.45) is 0 Å². The molecule has 0 bridgehead atoms. The van der Waals surface area contributed by atoms with Gasteiger partial charge in [0, 0.05) is 20.9 Å². The van der Waals surface area contributed by atoms with Crippen LogP contribution in [0.5, 0.6) is 0 Å². The summed E-state index contributed by atoms with van der Waals surface area (Å²) in [5.74, 6) is 0. The maximum absolute atomic E-state index is 8.36. The standard InChI is InChI=1S/C16H12Br2N2S2/c1-7-5-11(21-15(7)17)9-3-4-10(14(20)13(9)19)12-6-8(2)16(18)22-12/h3-6,19-20H,1-2H3. The normalized spacial score (nSPS) is 15.1. The van der Waals surface area contributed by atoms with Crippen molar-refractivity contribution in [3.05, 3.63) is 52.7 Å². The van der Waals surface area contributed by atoms with Crippen LogP contribution in [0, 0.1) is 24.7 Å². The van der Waals surface area contributed by atoms with Crippen LogP contribution in [0.25, 0.3) is 11.1 Å². The van der Waals surface area contributed by atoms with E-state index in [1.54, 1.807) is 22.7 Å². The Morgan fingerprint density at radius 2 is 1.14 bits per heavy atom. The van der Waals surface area contributed by atoms with E-state index in [1.807, 2.05) is 26.0 Å². The molecule has 22 heavy (non-hydrogen) atoms. The van der Waals surface area contributed by atoms with Crippen molar-refractivity contribution >= 4 is 77.1 Å². The molecule has 2 nitrogen and oxygen atoms in total. The first-order valence-corrected chi connectivity index (χ1v) is 9.73. The van der Waals surface area contributed by atoms with Crippen molar-refractivity contribution in [2.75, 3.05) is 0 Å². The first-order valence-electron chi connectivity index (χ1n) is 6.51. The summed E-state index contributed by atoms with van der Waals surface area (Å²) in [5.41, 5.74) is 4.53. The molecule has 3 rings (SSSR count). The monoisotopic (exact) mass is 454 g/mol. The summed E-state index contributed by atoms with van der Waals surface area (Å²) in [7, 11) is 0. The number of aryl methyl sites for hydroxylation is 2. The Morgan fingerprint density at radius 3 is 1.41 bits per heavy atom. The van der Waals surface area contributed by atoms with Crippen LogP contribution in [-0.2, 0) is 0 Å². The minimum atomic E-state index is 0.286. The highest BCUT2D eigenvalue weighted by molar-refractivity contribution is 9.11. The van der Waals surface area contributed by atoms with Gasteiger partial charge in [-0.25, -0.2) is 0 Å². The van der Waals surface area contributed by atoms with Crippen LogP contribution >= 0.6 is 54.5 Å². The molecule has 2 aromatic rings. The molecule has 0 fully saturated rings. The van der Waals surface area contributed by atoms with E-state index in [1.165, 1.54) is 0 Å². The molecule has 1 aliphatic carbocycles. The predicted molar refractivity (Wildman–Crippen MR) is 105 cm³/mol.